The minimum absolute atomic E-state index is 0.0636. The van der Waals surface area contributed by atoms with E-state index in [0.717, 1.165) is 26.8 Å². The monoisotopic (exact) mass is 252 g/mol. The Morgan fingerprint density at radius 2 is 2.19 bits per heavy atom. The van der Waals surface area contributed by atoms with Gasteiger partial charge in [-0.15, -0.1) is 0 Å². The van der Waals surface area contributed by atoms with Crippen LogP contribution in [0.1, 0.15) is 0 Å². The van der Waals surface area contributed by atoms with Crippen molar-refractivity contribution in [3.8, 4) is 0 Å². The van der Waals surface area contributed by atoms with Gasteiger partial charge in [0.15, 0.2) is 6.20 Å². The van der Waals surface area contributed by atoms with Gasteiger partial charge in [-0.3, -0.25) is 10.1 Å². The molecule has 3 aromatic rings. The fourth-order valence-corrected chi connectivity index (χ4v) is 3.33. The van der Waals surface area contributed by atoms with Gasteiger partial charge in [0.2, 0.25) is 0 Å². The second-order valence-corrected chi connectivity index (χ2v) is 5.17. The minimum Gasteiger partial charge on any atom is -0.618 e. The third-order valence-electron chi connectivity index (χ3n) is 2.30. The molecule has 7 heteroatoms. The number of thiophene rings is 2. The van der Waals surface area contributed by atoms with E-state index in [1.54, 1.807) is 0 Å². The fraction of sp³-hybridized carbons (Fsp3) is 0. The highest BCUT2D eigenvalue weighted by Crippen LogP contribution is 2.35. The number of aromatic nitrogens is 1. The van der Waals surface area contributed by atoms with Crippen LogP contribution >= 0.6 is 22.7 Å². The molecule has 0 fully saturated rings. The van der Waals surface area contributed by atoms with Crippen molar-refractivity contribution >= 4 is 48.0 Å². The summed E-state index contributed by atoms with van der Waals surface area (Å²) < 4.78 is 1.41. The molecule has 0 saturated heterocycles. The van der Waals surface area contributed by atoms with E-state index in [2.05, 4.69) is 0 Å². The van der Waals surface area contributed by atoms with Crippen LogP contribution in [-0.2, 0) is 0 Å². The molecule has 0 saturated carbocycles. The van der Waals surface area contributed by atoms with E-state index in [9.17, 15) is 15.3 Å². The molecule has 0 aliphatic carbocycles. The maximum absolute atomic E-state index is 11.6. The van der Waals surface area contributed by atoms with Crippen molar-refractivity contribution in [2.24, 2.45) is 0 Å². The lowest BCUT2D eigenvalue weighted by Gasteiger charge is -1.96. The highest BCUT2D eigenvalue weighted by Gasteiger charge is 2.18. The summed E-state index contributed by atoms with van der Waals surface area (Å²) in [6.07, 6.45) is 1.39. The second kappa shape index (κ2) is 3.13. The second-order valence-electron chi connectivity index (χ2n) is 3.21. The standard InChI is InChI=1S/C9H4N2O3S2/c12-10-4-7-6(3-8(16-7)11(13)14)5-1-2-15-9(5)10/h1-4H. The van der Waals surface area contributed by atoms with Crippen molar-refractivity contribution in [2.75, 3.05) is 0 Å². The Bertz CT molecular complexity index is 716. The van der Waals surface area contributed by atoms with Gasteiger partial charge in [0.05, 0.1) is 10.3 Å². The summed E-state index contributed by atoms with van der Waals surface area (Å²) in [7, 11) is 0. The molecular formula is C9H4N2O3S2. The maximum atomic E-state index is 11.6. The van der Waals surface area contributed by atoms with Gasteiger partial charge >= 0.3 is 5.00 Å². The predicted octanol–water partition coefficient (Wildman–Crippen LogP) is 2.66. The lowest BCUT2D eigenvalue weighted by molar-refractivity contribution is -0.573. The SMILES string of the molecule is O=[N+]([O-])c1cc2c(c[n+]([O-])c3sccc23)s1. The van der Waals surface area contributed by atoms with Gasteiger partial charge in [-0.25, -0.2) is 0 Å². The number of rotatable bonds is 1. The van der Waals surface area contributed by atoms with Crippen LogP contribution in [-0.4, -0.2) is 4.92 Å². The smallest absolute Gasteiger partial charge is 0.325 e. The first-order chi connectivity index (χ1) is 7.66. The molecule has 16 heavy (non-hydrogen) atoms. The van der Waals surface area contributed by atoms with Gasteiger partial charge in [0.25, 0.3) is 4.83 Å². The number of nitro groups is 1. The highest BCUT2D eigenvalue weighted by atomic mass is 32.1. The first kappa shape index (κ1) is 9.49. The summed E-state index contributed by atoms with van der Waals surface area (Å²) in [5.74, 6) is 0. The molecule has 0 unspecified atom stereocenters. The first-order valence-electron chi connectivity index (χ1n) is 4.34. The Kier molecular flexibility index (Phi) is 1.86. The molecule has 3 aromatic heterocycles. The number of nitrogens with zero attached hydrogens (tertiary/aromatic N) is 2. The van der Waals surface area contributed by atoms with E-state index in [-0.39, 0.29) is 5.00 Å². The zero-order chi connectivity index (χ0) is 11.3. The van der Waals surface area contributed by atoms with Gasteiger partial charge in [0, 0.05) is 11.5 Å². The summed E-state index contributed by atoms with van der Waals surface area (Å²) >= 11 is 2.35. The van der Waals surface area contributed by atoms with E-state index in [0.29, 0.717) is 9.53 Å². The van der Waals surface area contributed by atoms with Crippen LogP contribution in [0.2, 0.25) is 0 Å². The van der Waals surface area contributed by atoms with Crippen molar-refractivity contribution in [3.05, 3.63) is 39.0 Å². The van der Waals surface area contributed by atoms with Crippen LogP contribution in [0.15, 0.2) is 23.7 Å². The average Bonchev–Trinajstić information content (AvgIpc) is 2.80. The quantitative estimate of drug-likeness (QED) is 0.289. The largest absolute Gasteiger partial charge is 0.618 e. The molecule has 0 spiro atoms. The zero-order valence-corrected chi connectivity index (χ0v) is 9.38. The minimum atomic E-state index is -0.433. The molecule has 0 aliphatic rings. The summed E-state index contributed by atoms with van der Waals surface area (Å²) in [5.41, 5.74) is 0. The topological polar surface area (TPSA) is 70.1 Å². The van der Waals surface area contributed by atoms with Crippen molar-refractivity contribution in [3.63, 3.8) is 0 Å². The van der Waals surface area contributed by atoms with Gasteiger partial charge in [-0.2, -0.15) is 4.73 Å². The Labute approximate surface area is 96.9 Å². The molecule has 3 rings (SSSR count). The average molecular weight is 252 g/mol. The molecule has 0 N–H and O–H groups in total. The Morgan fingerprint density at radius 1 is 1.38 bits per heavy atom. The number of pyridine rings is 1. The zero-order valence-electron chi connectivity index (χ0n) is 7.75. The van der Waals surface area contributed by atoms with Crippen molar-refractivity contribution in [1.82, 2.24) is 0 Å². The number of hydrogen-bond donors (Lipinski definition) is 0. The van der Waals surface area contributed by atoms with Gasteiger partial charge in [0.1, 0.15) is 4.70 Å². The van der Waals surface area contributed by atoms with E-state index < -0.39 is 4.92 Å². The van der Waals surface area contributed by atoms with E-state index in [1.165, 1.54) is 23.6 Å². The summed E-state index contributed by atoms with van der Waals surface area (Å²) in [6.45, 7) is 0. The van der Waals surface area contributed by atoms with Crippen molar-refractivity contribution in [1.29, 1.82) is 0 Å². The summed E-state index contributed by atoms with van der Waals surface area (Å²) in [5, 5.41) is 25.7. The fourth-order valence-electron chi connectivity index (χ4n) is 1.63. The third kappa shape index (κ3) is 1.18. The Morgan fingerprint density at radius 3 is 2.94 bits per heavy atom. The van der Waals surface area contributed by atoms with Crippen molar-refractivity contribution < 1.29 is 9.65 Å². The summed E-state index contributed by atoms with van der Waals surface area (Å²) in [6, 6.07) is 3.34. The molecule has 0 bridgehead atoms. The number of fused-ring (bicyclic) bond motifs is 3. The predicted molar refractivity (Wildman–Crippen MR) is 62.8 cm³/mol. The molecule has 0 amide bonds. The van der Waals surface area contributed by atoms with Gasteiger partial charge < -0.3 is 5.21 Å². The molecule has 0 radical (unpaired) electrons. The van der Waals surface area contributed by atoms with Crippen LogP contribution in [0.25, 0.3) is 20.3 Å². The van der Waals surface area contributed by atoms with Crippen LogP contribution < -0.4 is 4.73 Å². The van der Waals surface area contributed by atoms with Crippen LogP contribution in [0.5, 0.6) is 0 Å². The molecule has 0 aliphatic heterocycles. The first-order valence-corrected chi connectivity index (χ1v) is 6.04. The molecule has 0 aromatic carbocycles. The molecule has 3 heterocycles. The molecular weight excluding hydrogens is 248 g/mol. The van der Waals surface area contributed by atoms with E-state index >= 15 is 0 Å². The van der Waals surface area contributed by atoms with Gasteiger partial charge in [-0.05, 0) is 11.4 Å². The van der Waals surface area contributed by atoms with Crippen LogP contribution in [0, 0.1) is 15.3 Å². The lowest BCUT2D eigenvalue weighted by Crippen LogP contribution is -2.24. The van der Waals surface area contributed by atoms with Crippen LogP contribution in [0.4, 0.5) is 5.00 Å². The van der Waals surface area contributed by atoms with Gasteiger partial charge in [-0.1, -0.05) is 22.7 Å². The lowest BCUT2D eigenvalue weighted by atomic mass is 10.2. The molecule has 80 valence electrons. The van der Waals surface area contributed by atoms with Crippen molar-refractivity contribution in [2.45, 2.75) is 0 Å². The Hall–Kier alpha value is -1.73. The summed E-state index contributed by atoms with van der Waals surface area (Å²) in [4.78, 5) is 10.8. The van der Waals surface area contributed by atoms with E-state index in [1.807, 2.05) is 11.4 Å². The third-order valence-corrected chi connectivity index (χ3v) is 4.21. The molecule has 0 atom stereocenters. The van der Waals surface area contributed by atoms with E-state index in [4.69, 9.17) is 0 Å². The Balaban J connectivity index is 2.49. The normalized spacial score (nSPS) is 11.2. The number of hydrogen-bond acceptors (Lipinski definition) is 5. The van der Waals surface area contributed by atoms with Crippen LogP contribution in [0.3, 0.4) is 0 Å². The highest BCUT2D eigenvalue weighted by molar-refractivity contribution is 7.22. The molecule has 5 nitrogen and oxygen atoms in total. The maximum Gasteiger partial charge on any atom is 0.325 e.